The van der Waals surface area contributed by atoms with Crippen LogP contribution in [0.5, 0.6) is 0 Å². The van der Waals surface area contributed by atoms with Crippen LogP contribution >= 0.6 is 12.2 Å². The second kappa shape index (κ2) is 5.22. The van der Waals surface area contributed by atoms with E-state index in [0.29, 0.717) is 0 Å². The number of hydrazone groups is 1. The monoisotopic (exact) mass is 245 g/mol. The van der Waals surface area contributed by atoms with E-state index in [4.69, 9.17) is 5.73 Å². The highest BCUT2D eigenvalue weighted by molar-refractivity contribution is 7.80. The van der Waals surface area contributed by atoms with Gasteiger partial charge >= 0.3 is 0 Å². The van der Waals surface area contributed by atoms with Gasteiger partial charge in [-0.2, -0.15) is 10.2 Å². The van der Waals surface area contributed by atoms with Gasteiger partial charge in [-0.3, -0.25) is 10.5 Å². The van der Waals surface area contributed by atoms with Crippen LogP contribution < -0.4 is 11.2 Å². The predicted octanol–water partition coefficient (Wildman–Crippen LogP) is 1.24. The summed E-state index contributed by atoms with van der Waals surface area (Å²) in [7, 11) is 0. The molecule has 0 aliphatic carbocycles. The highest BCUT2D eigenvalue weighted by atomic mass is 32.1. The van der Waals surface area contributed by atoms with E-state index in [0.717, 1.165) is 16.7 Å². The van der Waals surface area contributed by atoms with Gasteiger partial charge in [-0.15, -0.1) is 0 Å². The molecular weight excluding hydrogens is 234 g/mol. The van der Waals surface area contributed by atoms with Gasteiger partial charge in [-0.05, 0) is 17.8 Å². The van der Waals surface area contributed by atoms with Crippen molar-refractivity contribution < 1.29 is 0 Å². The van der Waals surface area contributed by atoms with Crippen molar-refractivity contribution in [1.29, 1.82) is 0 Å². The maximum Gasteiger partial charge on any atom is 0.184 e. The molecular formula is C11H11N5S. The molecule has 0 spiro atoms. The normalized spacial score (nSPS) is 10.6. The minimum absolute atomic E-state index is 0.141. The zero-order chi connectivity index (χ0) is 12.1. The number of rotatable bonds is 3. The number of nitrogens with zero attached hydrogens (tertiary/aromatic N) is 2. The van der Waals surface area contributed by atoms with Crippen LogP contribution in [-0.2, 0) is 0 Å². The number of aromatic amines is 1. The van der Waals surface area contributed by atoms with Crippen LogP contribution in [-0.4, -0.2) is 21.5 Å². The average Bonchev–Trinajstić information content (AvgIpc) is 2.82. The number of H-pyrrole nitrogens is 1. The highest BCUT2D eigenvalue weighted by Gasteiger charge is 2.02. The molecule has 2 aromatic rings. The van der Waals surface area contributed by atoms with Crippen molar-refractivity contribution in [3.05, 3.63) is 42.2 Å². The Labute approximate surface area is 104 Å². The molecule has 0 bridgehead atoms. The van der Waals surface area contributed by atoms with Gasteiger partial charge in [0.25, 0.3) is 0 Å². The summed E-state index contributed by atoms with van der Waals surface area (Å²) in [6.45, 7) is 0. The lowest BCUT2D eigenvalue weighted by Gasteiger charge is -2.02. The van der Waals surface area contributed by atoms with Crippen molar-refractivity contribution in [2.75, 3.05) is 0 Å². The molecule has 0 amide bonds. The molecule has 0 atom stereocenters. The maximum absolute atomic E-state index is 5.28. The Morgan fingerprint density at radius 2 is 2.29 bits per heavy atom. The molecule has 86 valence electrons. The van der Waals surface area contributed by atoms with E-state index in [1.165, 1.54) is 0 Å². The Balaban J connectivity index is 2.28. The summed E-state index contributed by atoms with van der Waals surface area (Å²) >= 11 is 4.66. The summed E-state index contributed by atoms with van der Waals surface area (Å²) in [6.07, 6.45) is 5.25. The first-order chi connectivity index (χ1) is 8.27. The van der Waals surface area contributed by atoms with Crippen LogP contribution in [0.4, 0.5) is 0 Å². The van der Waals surface area contributed by atoms with Gasteiger partial charge in [-0.25, -0.2) is 0 Å². The number of aromatic nitrogens is 2. The lowest BCUT2D eigenvalue weighted by atomic mass is 10.0. The molecule has 17 heavy (non-hydrogen) atoms. The highest BCUT2D eigenvalue weighted by Crippen LogP contribution is 2.20. The summed E-state index contributed by atoms with van der Waals surface area (Å²) < 4.78 is 0. The molecule has 1 aromatic heterocycles. The third-order valence-electron chi connectivity index (χ3n) is 2.15. The van der Waals surface area contributed by atoms with Crippen molar-refractivity contribution in [3.8, 4) is 11.1 Å². The van der Waals surface area contributed by atoms with Crippen molar-refractivity contribution in [2.24, 2.45) is 10.8 Å². The molecule has 0 saturated carbocycles. The molecule has 0 fully saturated rings. The van der Waals surface area contributed by atoms with Crippen LogP contribution in [0.25, 0.3) is 11.1 Å². The minimum atomic E-state index is 0.141. The SMILES string of the molecule is NC(=S)NN=Cc1ccccc1-c1cn[nH]c1. The van der Waals surface area contributed by atoms with Gasteiger partial charge in [0.15, 0.2) is 5.11 Å². The lowest BCUT2D eigenvalue weighted by Crippen LogP contribution is -2.24. The minimum Gasteiger partial charge on any atom is -0.375 e. The third kappa shape index (κ3) is 2.88. The summed E-state index contributed by atoms with van der Waals surface area (Å²) in [5.41, 5.74) is 10.8. The van der Waals surface area contributed by atoms with E-state index in [2.05, 4.69) is 32.9 Å². The number of thiocarbonyl (C=S) groups is 1. The number of hydrogen-bond acceptors (Lipinski definition) is 3. The van der Waals surface area contributed by atoms with Crippen molar-refractivity contribution >= 4 is 23.5 Å². The van der Waals surface area contributed by atoms with Crippen molar-refractivity contribution in [1.82, 2.24) is 15.6 Å². The molecule has 0 aliphatic rings. The molecule has 1 heterocycles. The maximum atomic E-state index is 5.28. The third-order valence-corrected chi connectivity index (χ3v) is 2.24. The van der Waals surface area contributed by atoms with Gasteiger partial charge in [0.1, 0.15) is 0 Å². The largest absolute Gasteiger partial charge is 0.375 e. The Morgan fingerprint density at radius 3 is 3.00 bits per heavy atom. The molecule has 0 saturated heterocycles. The van der Waals surface area contributed by atoms with E-state index in [1.807, 2.05) is 30.5 Å². The van der Waals surface area contributed by atoms with Crippen molar-refractivity contribution in [2.45, 2.75) is 0 Å². The molecule has 5 nitrogen and oxygen atoms in total. The summed E-state index contributed by atoms with van der Waals surface area (Å²) in [4.78, 5) is 0. The number of hydrogen-bond donors (Lipinski definition) is 3. The second-order valence-electron chi connectivity index (χ2n) is 3.31. The summed E-state index contributed by atoms with van der Waals surface area (Å²) in [5, 5.41) is 10.8. The van der Waals surface area contributed by atoms with Crippen LogP contribution in [0.15, 0.2) is 41.8 Å². The number of nitrogens with two attached hydrogens (primary N) is 1. The zero-order valence-corrected chi connectivity index (χ0v) is 9.74. The Bertz CT molecular complexity index is 533. The molecule has 4 N–H and O–H groups in total. The first-order valence-corrected chi connectivity index (χ1v) is 5.35. The summed E-state index contributed by atoms with van der Waals surface area (Å²) in [5.74, 6) is 0. The Morgan fingerprint density at radius 1 is 1.47 bits per heavy atom. The first kappa shape index (κ1) is 11.3. The molecule has 2 rings (SSSR count). The van der Waals surface area contributed by atoms with Crippen LogP contribution in [0.1, 0.15) is 5.56 Å². The molecule has 1 aromatic carbocycles. The topological polar surface area (TPSA) is 79.1 Å². The lowest BCUT2D eigenvalue weighted by molar-refractivity contribution is 1.04. The van der Waals surface area contributed by atoms with Crippen LogP contribution in [0.2, 0.25) is 0 Å². The first-order valence-electron chi connectivity index (χ1n) is 4.94. The van der Waals surface area contributed by atoms with Gasteiger partial charge in [-0.1, -0.05) is 24.3 Å². The Kier molecular flexibility index (Phi) is 3.46. The quantitative estimate of drug-likeness (QED) is 0.432. The standard InChI is InChI=1S/C11H11N5S/c12-11(17)16-15-5-8-3-1-2-4-10(8)9-6-13-14-7-9/h1-7H,(H,13,14)(H3,12,16,17). The fraction of sp³-hybridized carbons (Fsp3) is 0. The van der Waals surface area contributed by atoms with E-state index in [9.17, 15) is 0 Å². The van der Waals surface area contributed by atoms with E-state index in [1.54, 1.807) is 12.4 Å². The van der Waals surface area contributed by atoms with E-state index >= 15 is 0 Å². The van der Waals surface area contributed by atoms with Crippen molar-refractivity contribution in [3.63, 3.8) is 0 Å². The molecule has 6 heteroatoms. The predicted molar refractivity (Wildman–Crippen MR) is 71.5 cm³/mol. The summed E-state index contributed by atoms with van der Waals surface area (Å²) in [6, 6.07) is 7.84. The van der Waals surface area contributed by atoms with Gasteiger partial charge < -0.3 is 5.73 Å². The van der Waals surface area contributed by atoms with Gasteiger partial charge in [0.05, 0.1) is 12.4 Å². The zero-order valence-electron chi connectivity index (χ0n) is 8.92. The van der Waals surface area contributed by atoms with Gasteiger partial charge in [0, 0.05) is 17.3 Å². The molecule has 0 unspecified atom stereocenters. The smallest absolute Gasteiger partial charge is 0.184 e. The Hall–Kier alpha value is -2.21. The fourth-order valence-electron chi connectivity index (χ4n) is 1.44. The van der Waals surface area contributed by atoms with Crippen LogP contribution in [0, 0.1) is 0 Å². The number of benzene rings is 1. The van der Waals surface area contributed by atoms with Gasteiger partial charge in [0.2, 0.25) is 0 Å². The fourth-order valence-corrected chi connectivity index (χ4v) is 1.49. The number of nitrogens with one attached hydrogen (secondary N) is 2. The second-order valence-corrected chi connectivity index (χ2v) is 3.75. The molecule has 0 aliphatic heterocycles. The van der Waals surface area contributed by atoms with E-state index in [-0.39, 0.29) is 5.11 Å². The molecule has 0 radical (unpaired) electrons. The van der Waals surface area contributed by atoms with E-state index < -0.39 is 0 Å². The van der Waals surface area contributed by atoms with Crippen LogP contribution in [0.3, 0.4) is 0 Å². The average molecular weight is 245 g/mol.